The molecule has 0 unspecified atom stereocenters. The summed E-state index contributed by atoms with van der Waals surface area (Å²) in [6.07, 6.45) is 1.64. The highest BCUT2D eigenvalue weighted by molar-refractivity contribution is 6.28. The van der Waals surface area contributed by atoms with E-state index in [9.17, 15) is 9.90 Å². The molecule has 3 rings (SSSR count). The fourth-order valence-electron chi connectivity index (χ4n) is 2.97. The Kier molecular flexibility index (Phi) is 3.23. The van der Waals surface area contributed by atoms with Crippen LogP contribution in [0.25, 0.3) is 5.65 Å². The van der Waals surface area contributed by atoms with Crippen molar-refractivity contribution in [3.63, 3.8) is 0 Å². The molecule has 1 aliphatic carbocycles. The predicted octanol–water partition coefficient (Wildman–Crippen LogP) is 2.71. The number of amides is 1. The summed E-state index contributed by atoms with van der Waals surface area (Å²) in [5, 5.41) is 22.7. The third-order valence-electron chi connectivity index (χ3n) is 4.38. The lowest BCUT2D eigenvalue weighted by Crippen LogP contribution is -2.50. The Bertz CT molecular complexity index is 843. The van der Waals surface area contributed by atoms with E-state index in [-0.39, 0.29) is 27.9 Å². The van der Waals surface area contributed by atoms with Crippen molar-refractivity contribution in [1.29, 1.82) is 5.26 Å². The lowest BCUT2D eigenvalue weighted by atomic mass is 9.83. The van der Waals surface area contributed by atoms with E-state index in [1.807, 2.05) is 26.8 Å². The Labute approximate surface area is 137 Å². The van der Waals surface area contributed by atoms with Gasteiger partial charge >= 0.3 is 6.09 Å². The van der Waals surface area contributed by atoms with Crippen LogP contribution in [0.2, 0.25) is 5.28 Å². The molecule has 1 saturated carbocycles. The molecule has 120 valence electrons. The Hall–Kier alpha value is -2.40. The molecule has 23 heavy (non-hydrogen) atoms. The van der Waals surface area contributed by atoms with Crippen LogP contribution in [-0.2, 0) is 0 Å². The Morgan fingerprint density at radius 1 is 1.52 bits per heavy atom. The third-order valence-corrected chi connectivity index (χ3v) is 4.54. The summed E-state index contributed by atoms with van der Waals surface area (Å²) in [6, 6.07) is 1.94. The second-order valence-corrected chi connectivity index (χ2v) is 6.93. The number of nitrogens with zero attached hydrogens (tertiary/aromatic N) is 6. The fourth-order valence-corrected chi connectivity index (χ4v) is 3.13. The van der Waals surface area contributed by atoms with Crippen LogP contribution in [0.5, 0.6) is 0 Å². The van der Waals surface area contributed by atoms with E-state index in [0.717, 1.165) is 12.8 Å². The predicted molar refractivity (Wildman–Crippen MR) is 82.4 cm³/mol. The van der Waals surface area contributed by atoms with Gasteiger partial charge in [0.15, 0.2) is 17.2 Å². The number of nitriles is 1. The first-order valence-electron chi connectivity index (χ1n) is 7.06. The van der Waals surface area contributed by atoms with Gasteiger partial charge in [-0.15, -0.1) is 5.10 Å². The third kappa shape index (κ3) is 2.19. The number of rotatable bonds is 2. The largest absolute Gasteiger partial charge is 0.465 e. The minimum absolute atomic E-state index is 0.103. The molecule has 0 aromatic carbocycles. The molecule has 1 aliphatic rings. The molecule has 0 aliphatic heterocycles. The van der Waals surface area contributed by atoms with Crippen molar-refractivity contribution in [1.82, 2.24) is 19.6 Å². The van der Waals surface area contributed by atoms with Crippen LogP contribution in [-0.4, -0.2) is 36.3 Å². The van der Waals surface area contributed by atoms with Gasteiger partial charge in [-0.3, -0.25) is 4.90 Å². The normalized spacial score (nSPS) is 16.1. The van der Waals surface area contributed by atoms with Gasteiger partial charge in [0.25, 0.3) is 0 Å². The van der Waals surface area contributed by atoms with Crippen LogP contribution >= 0.6 is 11.6 Å². The van der Waals surface area contributed by atoms with Gasteiger partial charge in [-0.05, 0) is 29.9 Å². The highest BCUT2D eigenvalue weighted by Gasteiger charge is 2.59. The smallest absolute Gasteiger partial charge is 0.413 e. The highest BCUT2D eigenvalue weighted by Crippen LogP contribution is 2.55. The van der Waals surface area contributed by atoms with Crippen molar-refractivity contribution in [2.45, 2.75) is 39.2 Å². The molecular formula is C14H15ClN6O2. The molecule has 0 saturated heterocycles. The van der Waals surface area contributed by atoms with E-state index in [1.165, 1.54) is 15.6 Å². The molecule has 1 fully saturated rings. The van der Waals surface area contributed by atoms with Crippen molar-refractivity contribution in [3.05, 3.63) is 17.2 Å². The molecule has 0 bridgehead atoms. The number of fused-ring (bicyclic) bond motifs is 1. The minimum Gasteiger partial charge on any atom is -0.465 e. The Balaban J connectivity index is 2.27. The van der Waals surface area contributed by atoms with Crippen LogP contribution in [0.15, 0.2) is 6.20 Å². The number of carboxylic acid groups (broad SMARTS) is 1. The Morgan fingerprint density at radius 2 is 2.17 bits per heavy atom. The number of halogens is 1. The fraction of sp³-hybridized carbons (Fsp3) is 0.500. The lowest BCUT2D eigenvalue weighted by molar-refractivity contribution is 0.185. The van der Waals surface area contributed by atoms with E-state index in [4.69, 9.17) is 16.9 Å². The molecule has 8 nitrogen and oxygen atoms in total. The van der Waals surface area contributed by atoms with Gasteiger partial charge in [-0.2, -0.15) is 14.8 Å². The summed E-state index contributed by atoms with van der Waals surface area (Å²) in [6.45, 7) is 5.96. The van der Waals surface area contributed by atoms with Crippen LogP contribution in [0.1, 0.15) is 39.3 Å². The highest BCUT2D eigenvalue weighted by atomic mass is 35.5. The van der Waals surface area contributed by atoms with Crippen LogP contribution in [0.4, 0.5) is 10.6 Å². The molecule has 1 N–H and O–H groups in total. The van der Waals surface area contributed by atoms with E-state index in [2.05, 4.69) is 15.1 Å². The van der Waals surface area contributed by atoms with Crippen molar-refractivity contribution >= 4 is 29.2 Å². The van der Waals surface area contributed by atoms with Gasteiger partial charge in [0.2, 0.25) is 5.28 Å². The maximum Gasteiger partial charge on any atom is 0.413 e. The molecule has 0 radical (unpaired) electrons. The zero-order valence-electron chi connectivity index (χ0n) is 12.9. The van der Waals surface area contributed by atoms with Crippen molar-refractivity contribution in [2.75, 3.05) is 4.90 Å². The van der Waals surface area contributed by atoms with E-state index in [0.29, 0.717) is 0 Å². The van der Waals surface area contributed by atoms with Gasteiger partial charge in [0, 0.05) is 0 Å². The van der Waals surface area contributed by atoms with Gasteiger partial charge in [0.1, 0.15) is 6.07 Å². The maximum absolute atomic E-state index is 12.0. The van der Waals surface area contributed by atoms with Gasteiger partial charge in [-0.25, -0.2) is 9.78 Å². The zero-order valence-corrected chi connectivity index (χ0v) is 13.7. The number of aromatic nitrogens is 4. The zero-order chi connectivity index (χ0) is 17.0. The Morgan fingerprint density at radius 3 is 2.65 bits per heavy atom. The maximum atomic E-state index is 12.0. The number of anilines is 1. The van der Waals surface area contributed by atoms with Crippen molar-refractivity contribution in [3.8, 4) is 6.07 Å². The summed E-state index contributed by atoms with van der Waals surface area (Å²) in [7, 11) is 0. The van der Waals surface area contributed by atoms with E-state index in [1.54, 1.807) is 0 Å². The second-order valence-electron chi connectivity index (χ2n) is 6.59. The van der Waals surface area contributed by atoms with E-state index < -0.39 is 11.6 Å². The molecule has 2 heterocycles. The van der Waals surface area contributed by atoms with Gasteiger partial charge in [0.05, 0.1) is 11.7 Å². The number of hydrogen-bond acceptors (Lipinski definition) is 5. The molecule has 0 atom stereocenters. The summed E-state index contributed by atoms with van der Waals surface area (Å²) in [4.78, 5) is 21.4. The summed E-state index contributed by atoms with van der Waals surface area (Å²) >= 11 is 5.94. The average Bonchev–Trinajstić information content (AvgIpc) is 3.13. The first-order chi connectivity index (χ1) is 10.7. The van der Waals surface area contributed by atoms with Crippen LogP contribution in [0.3, 0.4) is 0 Å². The standard InChI is InChI=1S/C14H15ClN6O2/c1-13(2,3)14(4-5-14)20(12(22)23)10-9-17-7-8(6-16)21(9)19-11(15)18-10/h7H,4-5H2,1-3H3,(H,22,23). The summed E-state index contributed by atoms with van der Waals surface area (Å²) in [5.74, 6) is 0.103. The topological polar surface area (TPSA) is 107 Å². The molecule has 0 spiro atoms. The van der Waals surface area contributed by atoms with Gasteiger partial charge < -0.3 is 5.11 Å². The minimum atomic E-state index is -1.13. The molecular weight excluding hydrogens is 320 g/mol. The first kappa shape index (κ1) is 15.5. The van der Waals surface area contributed by atoms with Crippen LogP contribution < -0.4 is 4.90 Å². The van der Waals surface area contributed by atoms with E-state index >= 15 is 0 Å². The van der Waals surface area contributed by atoms with Crippen LogP contribution in [0, 0.1) is 16.7 Å². The van der Waals surface area contributed by atoms with Crippen molar-refractivity contribution < 1.29 is 9.90 Å². The number of hydrogen-bond donors (Lipinski definition) is 1. The van der Waals surface area contributed by atoms with Crippen molar-refractivity contribution in [2.24, 2.45) is 5.41 Å². The first-order valence-corrected chi connectivity index (χ1v) is 7.43. The molecule has 2 aromatic heterocycles. The summed E-state index contributed by atoms with van der Waals surface area (Å²) in [5.41, 5.74) is -0.499. The second kappa shape index (κ2) is 4.80. The lowest BCUT2D eigenvalue weighted by Gasteiger charge is -2.38. The molecule has 9 heteroatoms. The number of imidazole rings is 1. The monoisotopic (exact) mass is 334 g/mol. The average molecular weight is 335 g/mol. The SMILES string of the molecule is CC(C)(C)C1(N(C(=O)O)c2nc(Cl)nn3c(C#N)cnc23)CC1. The van der Waals surface area contributed by atoms with Gasteiger partial charge in [-0.1, -0.05) is 20.8 Å². The molecule has 1 amide bonds. The quantitative estimate of drug-likeness (QED) is 0.904. The number of carbonyl (C=O) groups is 1. The summed E-state index contributed by atoms with van der Waals surface area (Å²) < 4.78 is 1.22. The molecule has 2 aromatic rings.